The minimum atomic E-state index is -0.241. The van der Waals surface area contributed by atoms with Gasteiger partial charge in [-0.2, -0.15) is 4.98 Å². The van der Waals surface area contributed by atoms with Gasteiger partial charge in [-0.05, 0) is 41.1 Å². The molecule has 0 bridgehead atoms. The van der Waals surface area contributed by atoms with Crippen LogP contribution in [0, 0.1) is 6.92 Å². The molecule has 0 fully saturated rings. The second-order valence-corrected chi connectivity index (χ2v) is 4.83. The third-order valence-electron chi connectivity index (χ3n) is 2.15. The number of rotatable bonds is 3. The molecule has 0 atom stereocenters. The number of halogens is 2. The van der Waals surface area contributed by atoms with Gasteiger partial charge in [0.15, 0.2) is 5.82 Å². The van der Waals surface area contributed by atoms with Crippen LogP contribution >= 0.6 is 27.5 Å². The summed E-state index contributed by atoms with van der Waals surface area (Å²) in [4.78, 5) is 15.9. The van der Waals surface area contributed by atoms with Gasteiger partial charge in [0.05, 0.1) is 12.1 Å². The van der Waals surface area contributed by atoms with Gasteiger partial charge in [-0.3, -0.25) is 4.79 Å². The lowest BCUT2D eigenvalue weighted by Gasteiger charge is -2.04. The van der Waals surface area contributed by atoms with Gasteiger partial charge in [-0.1, -0.05) is 16.8 Å². The second-order valence-electron chi connectivity index (χ2n) is 3.54. The topological polar surface area (TPSA) is 68.0 Å². The minimum absolute atomic E-state index is 0.189. The number of amides is 1. The molecule has 0 radical (unpaired) electrons. The fourth-order valence-electron chi connectivity index (χ4n) is 1.34. The van der Waals surface area contributed by atoms with E-state index in [4.69, 9.17) is 16.1 Å². The maximum Gasteiger partial charge on any atom is 0.252 e. The van der Waals surface area contributed by atoms with Crippen molar-refractivity contribution in [3.63, 3.8) is 0 Å². The van der Waals surface area contributed by atoms with E-state index in [2.05, 4.69) is 31.4 Å². The molecule has 0 saturated carbocycles. The van der Waals surface area contributed by atoms with E-state index in [0.29, 0.717) is 26.8 Å². The van der Waals surface area contributed by atoms with Crippen molar-refractivity contribution in [2.75, 3.05) is 0 Å². The third-order valence-corrected chi connectivity index (χ3v) is 3.04. The van der Waals surface area contributed by atoms with Crippen LogP contribution in [0.5, 0.6) is 0 Å². The molecule has 18 heavy (non-hydrogen) atoms. The zero-order valence-electron chi connectivity index (χ0n) is 9.41. The first kappa shape index (κ1) is 13.0. The quantitative estimate of drug-likeness (QED) is 0.939. The molecule has 0 aliphatic rings. The van der Waals surface area contributed by atoms with Crippen LogP contribution in [-0.2, 0) is 6.54 Å². The van der Waals surface area contributed by atoms with Gasteiger partial charge in [-0.15, -0.1) is 0 Å². The molecule has 0 aliphatic heterocycles. The van der Waals surface area contributed by atoms with Crippen LogP contribution in [0.25, 0.3) is 0 Å². The predicted octanol–water partition coefficient (Wildman–Crippen LogP) is 2.72. The Morgan fingerprint density at radius 1 is 1.56 bits per heavy atom. The summed E-state index contributed by atoms with van der Waals surface area (Å²) in [5.74, 6) is 0.659. The molecule has 1 N–H and O–H groups in total. The van der Waals surface area contributed by atoms with Crippen molar-refractivity contribution in [1.29, 1.82) is 0 Å². The Hall–Kier alpha value is -1.40. The summed E-state index contributed by atoms with van der Waals surface area (Å²) in [6.07, 6.45) is 0. The largest absolute Gasteiger partial charge is 0.343 e. The normalized spacial score (nSPS) is 10.4. The first-order valence-electron chi connectivity index (χ1n) is 5.08. The molecule has 0 spiro atoms. The van der Waals surface area contributed by atoms with Crippen molar-refractivity contribution in [3.05, 3.63) is 45.0 Å². The molecule has 7 heteroatoms. The summed E-state index contributed by atoms with van der Waals surface area (Å²) >= 11 is 9.08. The molecule has 1 amide bonds. The second kappa shape index (κ2) is 5.49. The molecular weight excluding hydrogens is 321 g/mol. The molecule has 5 nitrogen and oxygen atoms in total. The number of benzene rings is 1. The zero-order valence-corrected chi connectivity index (χ0v) is 11.7. The highest BCUT2D eigenvalue weighted by Crippen LogP contribution is 2.21. The van der Waals surface area contributed by atoms with Crippen LogP contribution in [0.3, 0.4) is 0 Å². The molecule has 0 aliphatic carbocycles. The fraction of sp³-hybridized carbons (Fsp3) is 0.182. The standard InChI is InChI=1S/C11H9BrClN3O2/c1-6-15-10(18-16-6)5-14-11(17)8-3-2-7(13)4-9(8)12/h2-4H,5H2,1H3,(H,14,17). The average Bonchev–Trinajstić information content (AvgIpc) is 2.72. The highest BCUT2D eigenvalue weighted by molar-refractivity contribution is 9.10. The SMILES string of the molecule is Cc1noc(CNC(=O)c2ccc(Cl)cc2Br)n1. The lowest BCUT2D eigenvalue weighted by molar-refractivity contribution is 0.0945. The summed E-state index contributed by atoms with van der Waals surface area (Å²) in [5.41, 5.74) is 0.496. The van der Waals surface area contributed by atoms with E-state index in [9.17, 15) is 4.79 Å². The van der Waals surface area contributed by atoms with Crippen molar-refractivity contribution in [3.8, 4) is 0 Å². The van der Waals surface area contributed by atoms with E-state index in [1.165, 1.54) is 0 Å². The maximum atomic E-state index is 11.9. The fourth-order valence-corrected chi connectivity index (χ4v) is 2.20. The maximum absolute atomic E-state index is 11.9. The van der Waals surface area contributed by atoms with E-state index in [1.54, 1.807) is 25.1 Å². The van der Waals surface area contributed by atoms with Gasteiger partial charge in [0.25, 0.3) is 5.91 Å². The van der Waals surface area contributed by atoms with E-state index in [0.717, 1.165) is 0 Å². The van der Waals surface area contributed by atoms with Crippen LogP contribution in [0.1, 0.15) is 22.1 Å². The Bertz CT molecular complexity index is 585. The summed E-state index contributed by atoms with van der Waals surface area (Å²) in [6, 6.07) is 4.95. The first-order valence-corrected chi connectivity index (χ1v) is 6.26. The Kier molecular flexibility index (Phi) is 3.98. The van der Waals surface area contributed by atoms with Gasteiger partial charge >= 0.3 is 0 Å². The first-order chi connectivity index (χ1) is 8.56. The lowest BCUT2D eigenvalue weighted by Crippen LogP contribution is -2.23. The van der Waals surface area contributed by atoms with Crippen LogP contribution in [-0.4, -0.2) is 16.0 Å². The Morgan fingerprint density at radius 2 is 2.33 bits per heavy atom. The predicted molar refractivity (Wildman–Crippen MR) is 69.4 cm³/mol. The van der Waals surface area contributed by atoms with Crippen LogP contribution < -0.4 is 5.32 Å². The molecule has 0 saturated heterocycles. The number of aromatic nitrogens is 2. The lowest BCUT2D eigenvalue weighted by atomic mass is 10.2. The van der Waals surface area contributed by atoms with Crippen molar-refractivity contribution < 1.29 is 9.32 Å². The van der Waals surface area contributed by atoms with Crippen LogP contribution in [0.15, 0.2) is 27.2 Å². The van der Waals surface area contributed by atoms with Crippen molar-refractivity contribution in [2.45, 2.75) is 13.5 Å². The van der Waals surface area contributed by atoms with Crippen molar-refractivity contribution in [2.24, 2.45) is 0 Å². The van der Waals surface area contributed by atoms with Gasteiger partial charge in [0.2, 0.25) is 5.89 Å². The molecule has 2 rings (SSSR count). The highest BCUT2D eigenvalue weighted by Gasteiger charge is 2.11. The number of nitrogens with zero attached hydrogens (tertiary/aromatic N) is 2. The van der Waals surface area contributed by atoms with Crippen molar-refractivity contribution >= 4 is 33.4 Å². The Labute approximate surface area is 117 Å². The number of nitrogens with one attached hydrogen (secondary N) is 1. The number of carbonyl (C=O) groups excluding carboxylic acids is 1. The average molecular weight is 331 g/mol. The number of carbonyl (C=O) groups is 1. The minimum Gasteiger partial charge on any atom is -0.343 e. The van der Waals surface area contributed by atoms with Gasteiger partial charge < -0.3 is 9.84 Å². The summed E-state index contributed by atoms with van der Waals surface area (Å²) in [5, 5.41) is 6.87. The van der Waals surface area contributed by atoms with Crippen LogP contribution in [0.2, 0.25) is 5.02 Å². The Balaban J connectivity index is 2.03. The van der Waals surface area contributed by atoms with Gasteiger partial charge in [0.1, 0.15) is 0 Å². The number of hydrogen-bond acceptors (Lipinski definition) is 4. The third kappa shape index (κ3) is 3.08. The molecule has 1 heterocycles. The molecule has 0 unspecified atom stereocenters. The smallest absolute Gasteiger partial charge is 0.252 e. The van der Waals surface area contributed by atoms with Crippen molar-refractivity contribution in [1.82, 2.24) is 15.5 Å². The Morgan fingerprint density at radius 3 is 2.94 bits per heavy atom. The van der Waals surface area contributed by atoms with Crippen LogP contribution in [0.4, 0.5) is 0 Å². The molecule has 2 aromatic rings. The summed E-state index contributed by atoms with van der Waals surface area (Å²) < 4.78 is 5.52. The zero-order chi connectivity index (χ0) is 13.1. The summed E-state index contributed by atoms with van der Waals surface area (Å²) in [7, 11) is 0. The number of hydrogen-bond donors (Lipinski definition) is 1. The van der Waals surface area contributed by atoms with Gasteiger partial charge in [0, 0.05) is 9.50 Å². The van der Waals surface area contributed by atoms with E-state index in [-0.39, 0.29) is 12.5 Å². The van der Waals surface area contributed by atoms with E-state index < -0.39 is 0 Å². The monoisotopic (exact) mass is 329 g/mol. The molecule has 94 valence electrons. The van der Waals surface area contributed by atoms with Gasteiger partial charge in [-0.25, -0.2) is 0 Å². The molecular formula is C11H9BrClN3O2. The van der Waals surface area contributed by atoms with E-state index in [1.807, 2.05) is 0 Å². The molecule has 1 aromatic carbocycles. The van der Waals surface area contributed by atoms with E-state index >= 15 is 0 Å². The highest BCUT2D eigenvalue weighted by atomic mass is 79.9. The number of aryl methyl sites for hydroxylation is 1. The molecule has 1 aromatic heterocycles. The summed E-state index contributed by atoms with van der Waals surface area (Å²) in [6.45, 7) is 1.90.